The normalized spacial score (nSPS) is 14.7. The second-order valence-corrected chi connectivity index (χ2v) is 7.91. The summed E-state index contributed by atoms with van der Waals surface area (Å²) < 4.78 is 11.3. The van der Waals surface area contributed by atoms with E-state index >= 15 is 0 Å². The van der Waals surface area contributed by atoms with E-state index in [-0.39, 0.29) is 0 Å². The molecule has 6 heteroatoms. The summed E-state index contributed by atoms with van der Waals surface area (Å²) in [6, 6.07) is 24.7. The fraction of sp³-hybridized carbons (Fsp3) is 0.269. The van der Waals surface area contributed by atoms with E-state index in [9.17, 15) is 15.0 Å². The van der Waals surface area contributed by atoms with Crippen LogP contribution in [0.2, 0.25) is 0 Å². The van der Waals surface area contributed by atoms with Gasteiger partial charge in [-0.3, -0.25) is 4.90 Å². The molecule has 0 fully saturated rings. The van der Waals surface area contributed by atoms with Crippen molar-refractivity contribution < 1.29 is 24.5 Å². The van der Waals surface area contributed by atoms with Gasteiger partial charge >= 0.3 is 5.97 Å². The smallest absolute Gasteiger partial charge is 0.334 e. The van der Waals surface area contributed by atoms with E-state index in [4.69, 9.17) is 9.47 Å². The number of hydrogen-bond donors (Lipinski definition) is 2. The lowest BCUT2D eigenvalue weighted by atomic mass is 9.97. The summed E-state index contributed by atoms with van der Waals surface area (Å²) >= 11 is 0. The molecule has 0 bridgehead atoms. The zero-order valence-corrected chi connectivity index (χ0v) is 17.8. The summed E-state index contributed by atoms with van der Waals surface area (Å²) in [5.74, 6) is 0.0920. The Kier molecular flexibility index (Phi) is 7.04. The zero-order valence-electron chi connectivity index (χ0n) is 17.8. The van der Waals surface area contributed by atoms with Crippen molar-refractivity contribution in [1.82, 2.24) is 4.90 Å². The van der Waals surface area contributed by atoms with E-state index in [1.54, 1.807) is 0 Å². The van der Waals surface area contributed by atoms with Crippen molar-refractivity contribution in [2.24, 2.45) is 0 Å². The minimum absolute atomic E-state index is 0.351. The largest absolute Gasteiger partial charge is 0.486 e. The highest BCUT2D eigenvalue weighted by atomic mass is 16.6. The first-order valence-corrected chi connectivity index (χ1v) is 10.7. The Balaban J connectivity index is 1.65. The highest BCUT2D eigenvalue weighted by Gasteiger charge is 2.32. The van der Waals surface area contributed by atoms with Crippen LogP contribution in [0.15, 0.2) is 78.9 Å². The van der Waals surface area contributed by atoms with Crippen molar-refractivity contribution in [2.45, 2.75) is 31.7 Å². The van der Waals surface area contributed by atoms with Crippen LogP contribution in [0.3, 0.4) is 0 Å². The summed E-state index contributed by atoms with van der Waals surface area (Å²) in [7, 11) is 0. The second-order valence-electron chi connectivity index (χ2n) is 7.91. The minimum Gasteiger partial charge on any atom is -0.486 e. The van der Waals surface area contributed by atoms with Gasteiger partial charge in [0.15, 0.2) is 17.6 Å². The van der Waals surface area contributed by atoms with E-state index in [0.717, 1.165) is 16.7 Å². The van der Waals surface area contributed by atoms with Gasteiger partial charge in [-0.15, -0.1) is 0 Å². The third-order valence-electron chi connectivity index (χ3n) is 5.59. The van der Waals surface area contributed by atoms with E-state index < -0.39 is 18.1 Å². The van der Waals surface area contributed by atoms with Gasteiger partial charge in [0.1, 0.15) is 13.2 Å². The third kappa shape index (κ3) is 5.46. The quantitative estimate of drug-likeness (QED) is 0.538. The van der Waals surface area contributed by atoms with Crippen LogP contribution < -0.4 is 9.47 Å². The van der Waals surface area contributed by atoms with Gasteiger partial charge in [0.05, 0.1) is 6.04 Å². The average molecular weight is 434 g/mol. The van der Waals surface area contributed by atoms with Gasteiger partial charge in [0.25, 0.3) is 0 Å². The Bertz CT molecular complexity index is 983. The maximum absolute atomic E-state index is 11.9. The SMILES string of the molecule is O=C(O)C(O)C(Cc1ccc2c(c1)OCCO2)N(Cc1ccccc1)Cc1ccccc1. The number of carbonyl (C=O) groups is 1. The number of carboxylic acids is 1. The van der Waals surface area contributed by atoms with Crippen LogP contribution >= 0.6 is 0 Å². The molecule has 0 saturated heterocycles. The van der Waals surface area contributed by atoms with Gasteiger partial charge < -0.3 is 19.7 Å². The van der Waals surface area contributed by atoms with Crippen LogP contribution in [-0.2, 0) is 24.3 Å². The van der Waals surface area contributed by atoms with Crippen molar-refractivity contribution in [1.29, 1.82) is 0 Å². The van der Waals surface area contributed by atoms with Crippen LogP contribution in [-0.4, -0.2) is 46.4 Å². The third-order valence-corrected chi connectivity index (χ3v) is 5.59. The van der Waals surface area contributed by atoms with Gasteiger partial charge in [0.2, 0.25) is 0 Å². The first-order valence-electron chi connectivity index (χ1n) is 10.7. The van der Waals surface area contributed by atoms with Crippen LogP contribution in [0, 0.1) is 0 Å². The molecular weight excluding hydrogens is 406 g/mol. The second kappa shape index (κ2) is 10.3. The van der Waals surface area contributed by atoms with Crippen LogP contribution in [0.5, 0.6) is 11.5 Å². The lowest BCUT2D eigenvalue weighted by Gasteiger charge is -2.34. The summed E-state index contributed by atoms with van der Waals surface area (Å²) in [5, 5.41) is 20.4. The molecule has 4 rings (SSSR count). The van der Waals surface area contributed by atoms with Crippen molar-refractivity contribution in [3.63, 3.8) is 0 Å². The van der Waals surface area contributed by atoms with Crippen LogP contribution in [0.1, 0.15) is 16.7 Å². The fourth-order valence-electron chi connectivity index (χ4n) is 3.99. The Morgan fingerprint density at radius 3 is 1.94 bits per heavy atom. The van der Waals surface area contributed by atoms with Crippen molar-refractivity contribution in [2.75, 3.05) is 13.2 Å². The standard InChI is InChI=1S/C26H27NO5/c28-25(26(29)30)22(15-21-11-12-23-24(16-21)32-14-13-31-23)27(17-19-7-3-1-4-8-19)18-20-9-5-2-6-10-20/h1-12,16,22,25,28H,13-15,17-18H2,(H,29,30). The molecule has 32 heavy (non-hydrogen) atoms. The first-order chi connectivity index (χ1) is 15.6. The summed E-state index contributed by atoms with van der Waals surface area (Å²) in [6.45, 7) is 2.00. The molecule has 0 aromatic heterocycles. The summed E-state index contributed by atoms with van der Waals surface area (Å²) in [6.07, 6.45) is -1.19. The number of aliphatic hydroxyl groups is 1. The number of aliphatic hydroxyl groups excluding tert-OH is 1. The molecule has 1 heterocycles. The van der Waals surface area contributed by atoms with Crippen LogP contribution in [0.25, 0.3) is 0 Å². The summed E-state index contributed by atoms with van der Waals surface area (Å²) in [4.78, 5) is 13.9. The molecule has 3 aromatic carbocycles. The molecule has 0 spiro atoms. The van der Waals surface area contributed by atoms with Crippen LogP contribution in [0.4, 0.5) is 0 Å². The maximum atomic E-state index is 11.9. The number of fused-ring (bicyclic) bond motifs is 1. The molecule has 2 atom stereocenters. The highest BCUT2D eigenvalue weighted by Crippen LogP contribution is 2.32. The molecule has 2 unspecified atom stereocenters. The number of nitrogens with zero attached hydrogens (tertiary/aromatic N) is 1. The number of carboxylic acid groups (broad SMARTS) is 1. The minimum atomic E-state index is -1.55. The monoisotopic (exact) mass is 433 g/mol. The lowest BCUT2D eigenvalue weighted by molar-refractivity contribution is -0.151. The molecule has 0 amide bonds. The van der Waals surface area contributed by atoms with Gasteiger partial charge in [-0.05, 0) is 35.2 Å². The molecule has 6 nitrogen and oxygen atoms in total. The van der Waals surface area contributed by atoms with Gasteiger partial charge in [-0.2, -0.15) is 0 Å². The van der Waals surface area contributed by atoms with Crippen molar-refractivity contribution in [3.05, 3.63) is 95.6 Å². The number of aliphatic carboxylic acids is 1. The lowest BCUT2D eigenvalue weighted by Crippen LogP contribution is -2.47. The number of rotatable bonds is 9. The topological polar surface area (TPSA) is 79.2 Å². The predicted molar refractivity (Wildman–Crippen MR) is 121 cm³/mol. The highest BCUT2D eigenvalue weighted by molar-refractivity contribution is 5.73. The van der Waals surface area contributed by atoms with E-state index in [1.807, 2.05) is 83.8 Å². The molecule has 3 aromatic rings. The predicted octanol–water partition coefficient (Wildman–Crippen LogP) is 3.52. The van der Waals surface area contributed by atoms with Crippen molar-refractivity contribution in [3.8, 4) is 11.5 Å². The fourth-order valence-corrected chi connectivity index (χ4v) is 3.99. The molecule has 1 aliphatic rings. The Morgan fingerprint density at radius 1 is 0.812 bits per heavy atom. The number of ether oxygens (including phenoxy) is 2. The molecule has 2 N–H and O–H groups in total. The van der Waals surface area contributed by atoms with E-state index in [0.29, 0.717) is 44.2 Å². The molecule has 0 aliphatic carbocycles. The molecular formula is C26H27NO5. The van der Waals surface area contributed by atoms with Gasteiger partial charge in [0, 0.05) is 13.1 Å². The van der Waals surface area contributed by atoms with E-state index in [1.165, 1.54) is 0 Å². The van der Waals surface area contributed by atoms with Crippen molar-refractivity contribution >= 4 is 5.97 Å². The molecule has 0 saturated carbocycles. The Morgan fingerprint density at radius 2 is 1.38 bits per heavy atom. The first kappa shape index (κ1) is 21.9. The van der Waals surface area contributed by atoms with E-state index in [2.05, 4.69) is 0 Å². The molecule has 166 valence electrons. The maximum Gasteiger partial charge on any atom is 0.334 e. The summed E-state index contributed by atoms with van der Waals surface area (Å²) in [5.41, 5.74) is 2.98. The average Bonchev–Trinajstić information content (AvgIpc) is 2.83. The number of benzene rings is 3. The molecule has 1 aliphatic heterocycles. The number of hydrogen-bond acceptors (Lipinski definition) is 5. The Hall–Kier alpha value is -3.35. The molecule has 0 radical (unpaired) electrons. The van der Waals surface area contributed by atoms with Gasteiger partial charge in [-0.25, -0.2) is 4.79 Å². The Labute approximate surface area is 187 Å². The zero-order chi connectivity index (χ0) is 22.3. The van der Waals surface area contributed by atoms with Gasteiger partial charge in [-0.1, -0.05) is 66.7 Å².